The van der Waals surface area contributed by atoms with Gasteiger partial charge in [0.25, 0.3) is 0 Å². The zero-order valence-electron chi connectivity index (χ0n) is 14.6. The second-order valence-electron chi connectivity index (χ2n) is 5.87. The minimum atomic E-state index is -4.00. The fourth-order valence-corrected chi connectivity index (χ4v) is 3.95. The van der Waals surface area contributed by atoms with Crippen molar-refractivity contribution in [3.63, 3.8) is 0 Å². The summed E-state index contributed by atoms with van der Waals surface area (Å²) in [7, 11) is -4.00. The maximum absolute atomic E-state index is 13.2. The monoisotopic (exact) mass is 408 g/mol. The van der Waals surface area contributed by atoms with Crippen LogP contribution in [0.2, 0.25) is 5.02 Å². The van der Waals surface area contributed by atoms with Crippen LogP contribution in [0.4, 0.5) is 10.3 Å². The smallest absolute Gasteiger partial charge is 0.233 e. The van der Waals surface area contributed by atoms with E-state index in [1.807, 2.05) is 6.92 Å². The Kier molecular flexibility index (Phi) is 5.82. The van der Waals surface area contributed by atoms with Crippen molar-refractivity contribution in [3.05, 3.63) is 59.4 Å². The Bertz CT molecular complexity index is 1030. The lowest BCUT2D eigenvalue weighted by atomic mass is 10.2. The lowest BCUT2D eigenvalue weighted by molar-refractivity contribution is 0.575. The molecule has 0 aliphatic carbocycles. The molecule has 3 aromatic rings. The van der Waals surface area contributed by atoms with Crippen LogP contribution in [-0.2, 0) is 9.84 Å². The summed E-state index contributed by atoms with van der Waals surface area (Å²) in [6.07, 6.45) is 1.76. The molecule has 0 saturated carbocycles. The van der Waals surface area contributed by atoms with Gasteiger partial charge in [-0.2, -0.15) is 4.98 Å². The highest BCUT2D eigenvalue weighted by Gasteiger charge is 2.29. The zero-order chi connectivity index (χ0) is 19.4. The minimum Gasteiger partial charge on any atom is -0.419 e. The van der Waals surface area contributed by atoms with Crippen molar-refractivity contribution in [2.45, 2.75) is 29.7 Å². The highest BCUT2D eigenvalue weighted by atomic mass is 35.5. The van der Waals surface area contributed by atoms with Gasteiger partial charge in [0.05, 0.1) is 15.5 Å². The van der Waals surface area contributed by atoms with Crippen molar-refractivity contribution >= 4 is 27.3 Å². The summed E-state index contributed by atoms with van der Waals surface area (Å²) in [6, 6.07) is 11.4. The highest BCUT2D eigenvalue weighted by Crippen LogP contribution is 2.34. The van der Waals surface area contributed by atoms with Crippen LogP contribution >= 0.6 is 11.6 Å². The summed E-state index contributed by atoms with van der Waals surface area (Å²) in [6.45, 7) is 2.55. The lowest BCUT2D eigenvalue weighted by Gasteiger charge is -2.05. The molecule has 1 aromatic heterocycles. The normalized spacial score (nSPS) is 11.5. The van der Waals surface area contributed by atoms with Gasteiger partial charge in [0.2, 0.25) is 26.6 Å². The Morgan fingerprint density at radius 2 is 1.85 bits per heavy atom. The molecule has 8 heteroatoms. The average Bonchev–Trinajstić information content (AvgIpc) is 3.07. The number of halogens is 2. The molecule has 142 valence electrons. The van der Waals surface area contributed by atoms with Crippen LogP contribution in [0.3, 0.4) is 0 Å². The van der Waals surface area contributed by atoms with Crippen molar-refractivity contribution in [1.29, 1.82) is 0 Å². The van der Waals surface area contributed by atoms with Gasteiger partial charge in [0.1, 0.15) is 5.82 Å². The van der Waals surface area contributed by atoms with Gasteiger partial charge in [0, 0.05) is 6.54 Å². The lowest BCUT2D eigenvalue weighted by Crippen LogP contribution is -2.08. The molecule has 5 nitrogen and oxygen atoms in total. The summed E-state index contributed by atoms with van der Waals surface area (Å²) >= 11 is 6.18. The SMILES string of the molecule is CCCCNc1oc(-c2ccccc2Cl)nc1S(=O)(=O)c1ccc(F)cc1. The van der Waals surface area contributed by atoms with E-state index in [2.05, 4.69) is 10.3 Å². The molecule has 0 aliphatic rings. The predicted molar refractivity (Wildman–Crippen MR) is 102 cm³/mol. The molecule has 1 N–H and O–H groups in total. The number of rotatable bonds is 7. The van der Waals surface area contributed by atoms with Crippen LogP contribution in [-0.4, -0.2) is 19.9 Å². The van der Waals surface area contributed by atoms with E-state index < -0.39 is 15.7 Å². The van der Waals surface area contributed by atoms with E-state index >= 15 is 0 Å². The molecule has 1 heterocycles. The van der Waals surface area contributed by atoms with Crippen molar-refractivity contribution in [2.24, 2.45) is 0 Å². The van der Waals surface area contributed by atoms with Crippen LogP contribution in [0.5, 0.6) is 0 Å². The first-order valence-electron chi connectivity index (χ1n) is 8.43. The van der Waals surface area contributed by atoms with Gasteiger partial charge in [0.15, 0.2) is 0 Å². The standard InChI is InChI=1S/C19H18ClFN2O3S/c1-2-3-12-22-18-19(27(24,25)14-10-8-13(21)9-11-14)23-17(26-18)15-6-4-5-7-16(15)20/h4-11,22H,2-3,12H2,1H3. The van der Waals surface area contributed by atoms with Gasteiger partial charge >= 0.3 is 0 Å². The molecule has 0 bridgehead atoms. The second kappa shape index (κ2) is 8.10. The molecule has 2 aromatic carbocycles. The first-order chi connectivity index (χ1) is 12.9. The number of aromatic nitrogens is 1. The molecular weight excluding hydrogens is 391 g/mol. The van der Waals surface area contributed by atoms with Gasteiger partial charge in [-0.3, -0.25) is 0 Å². The van der Waals surface area contributed by atoms with Crippen molar-refractivity contribution in [3.8, 4) is 11.5 Å². The molecule has 27 heavy (non-hydrogen) atoms. The number of benzene rings is 2. The molecule has 0 unspecified atom stereocenters. The van der Waals surface area contributed by atoms with Crippen LogP contribution < -0.4 is 5.32 Å². The Morgan fingerprint density at radius 3 is 2.52 bits per heavy atom. The van der Waals surface area contributed by atoms with Crippen LogP contribution in [0.25, 0.3) is 11.5 Å². The Labute approximate surface area is 162 Å². The highest BCUT2D eigenvalue weighted by molar-refractivity contribution is 7.91. The third-order valence-corrected chi connectivity index (χ3v) is 5.90. The Balaban J connectivity index is 2.09. The molecular formula is C19H18ClFN2O3S. The number of nitrogens with one attached hydrogen (secondary N) is 1. The van der Waals surface area contributed by atoms with Crippen molar-refractivity contribution < 1.29 is 17.2 Å². The van der Waals surface area contributed by atoms with Gasteiger partial charge in [-0.25, -0.2) is 12.8 Å². The van der Waals surface area contributed by atoms with Crippen LogP contribution in [0, 0.1) is 5.82 Å². The largest absolute Gasteiger partial charge is 0.419 e. The Morgan fingerprint density at radius 1 is 1.15 bits per heavy atom. The fraction of sp³-hybridized carbons (Fsp3) is 0.211. The average molecular weight is 409 g/mol. The summed E-state index contributed by atoms with van der Waals surface area (Å²) in [5.74, 6) is -0.380. The number of hydrogen-bond acceptors (Lipinski definition) is 5. The first-order valence-corrected chi connectivity index (χ1v) is 10.3. The fourth-order valence-electron chi connectivity index (χ4n) is 2.45. The maximum Gasteiger partial charge on any atom is 0.233 e. The zero-order valence-corrected chi connectivity index (χ0v) is 16.1. The van der Waals surface area contributed by atoms with E-state index in [9.17, 15) is 12.8 Å². The van der Waals surface area contributed by atoms with Crippen LogP contribution in [0.1, 0.15) is 19.8 Å². The van der Waals surface area contributed by atoms with E-state index in [1.54, 1.807) is 24.3 Å². The molecule has 0 saturated heterocycles. The number of oxazole rings is 1. The molecule has 0 spiro atoms. The molecule has 3 rings (SSSR count). The topological polar surface area (TPSA) is 72.2 Å². The van der Waals surface area contributed by atoms with Crippen LogP contribution in [0.15, 0.2) is 62.9 Å². The van der Waals surface area contributed by atoms with Gasteiger partial charge in [-0.15, -0.1) is 0 Å². The third kappa shape index (κ3) is 4.14. The summed E-state index contributed by atoms with van der Waals surface area (Å²) in [5, 5.41) is 3.13. The number of sulfone groups is 1. The number of nitrogens with zero attached hydrogens (tertiary/aromatic N) is 1. The van der Waals surface area contributed by atoms with E-state index in [0.29, 0.717) is 17.1 Å². The molecule has 0 fully saturated rings. The van der Waals surface area contributed by atoms with Gasteiger partial charge < -0.3 is 9.73 Å². The molecule has 0 radical (unpaired) electrons. The van der Waals surface area contributed by atoms with E-state index in [-0.39, 0.29) is 21.7 Å². The minimum absolute atomic E-state index is 0.0442. The maximum atomic E-state index is 13.2. The van der Waals surface area contributed by atoms with E-state index in [1.165, 1.54) is 12.1 Å². The summed E-state index contributed by atoms with van der Waals surface area (Å²) in [4.78, 5) is 4.13. The number of hydrogen-bond donors (Lipinski definition) is 1. The predicted octanol–water partition coefficient (Wildman–Crippen LogP) is 5.18. The molecule has 0 aliphatic heterocycles. The van der Waals surface area contributed by atoms with Crippen molar-refractivity contribution in [1.82, 2.24) is 4.98 Å². The van der Waals surface area contributed by atoms with Gasteiger partial charge in [-0.1, -0.05) is 37.1 Å². The number of unbranched alkanes of at least 4 members (excludes halogenated alkanes) is 1. The summed E-state index contributed by atoms with van der Waals surface area (Å²) in [5.41, 5.74) is 0.485. The second-order valence-corrected chi connectivity index (χ2v) is 8.14. The molecule has 0 amide bonds. The third-order valence-electron chi connectivity index (χ3n) is 3.89. The van der Waals surface area contributed by atoms with Crippen molar-refractivity contribution in [2.75, 3.05) is 11.9 Å². The van der Waals surface area contributed by atoms with E-state index in [4.69, 9.17) is 16.0 Å². The summed E-state index contributed by atoms with van der Waals surface area (Å²) < 4.78 is 44.9. The quantitative estimate of drug-likeness (QED) is 0.430. The molecule has 0 atom stereocenters. The number of anilines is 1. The van der Waals surface area contributed by atoms with E-state index in [0.717, 1.165) is 25.0 Å². The Hall–Kier alpha value is -2.38. The first kappa shape index (κ1) is 19.4. The van der Waals surface area contributed by atoms with Gasteiger partial charge in [-0.05, 0) is 42.8 Å².